The second-order valence-corrected chi connectivity index (χ2v) is 4.92. The van der Waals surface area contributed by atoms with E-state index in [4.69, 9.17) is 15.9 Å². The van der Waals surface area contributed by atoms with Crippen LogP contribution >= 0.6 is 0 Å². The first kappa shape index (κ1) is 14.6. The van der Waals surface area contributed by atoms with Gasteiger partial charge in [0, 0.05) is 0 Å². The van der Waals surface area contributed by atoms with Gasteiger partial charge in [-0.3, -0.25) is 5.41 Å². The van der Waals surface area contributed by atoms with Crippen molar-refractivity contribution in [1.82, 2.24) is 4.98 Å². The summed E-state index contributed by atoms with van der Waals surface area (Å²) in [7, 11) is 0. The Hall–Kier alpha value is -1.79. The number of nitrogens with two attached hydrogens (primary N) is 1. The van der Waals surface area contributed by atoms with E-state index < -0.39 is 11.9 Å². The number of nitrogens with zero attached hydrogens (tertiary/aromatic N) is 1. The molecular formula is C13H16F3N3O. The van der Waals surface area contributed by atoms with Gasteiger partial charge in [0.2, 0.25) is 5.88 Å². The molecule has 0 aliphatic heterocycles. The van der Waals surface area contributed by atoms with Crippen LogP contribution in [0.2, 0.25) is 0 Å². The molecule has 0 saturated heterocycles. The minimum Gasteiger partial charge on any atom is -0.477 e. The maximum absolute atomic E-state index is 12.6. The number of hydrogen-bond acceptors (Lipinski definition) is 3. The highest BCUT2D eigenvalue weighted by atomic mass is 19.4. The lowest BCUT2D eigenvalue weighted by molar-refractivity contribution is -0.141. The Morgan fingerprint density at radius 1 is 1.35 bits per heavy atom. The second kappa shape index (κ2) is 5.68. The number of halogens is 3. The van der Waals surface area contributed by atoms with E-state index >= 15 is 0 Å². The molecular weight excluding hydrogens is 271 g/mol. The quantitative estimate of drug-likeness (QED) is 0.660. The molecule has 0 unspecified atom stereocenters. The summed E-state index contributed by atoms with van der Waals surface area (Å²) in [5.74, 6) is -0.224. The molecule has 2 rings (SSSR count). The van der Waals surface area contributed by atoms with Crippen molar-refractivity contribution in [2.75, 3.05) is 6.61 Å². The zero-order chi connectivity index (χ0) is 14.8. The normalized spacial score (nSPS) is 16.4. The maximum atomic E-state index is 12.6. The van der Waals surface area contributed by atoms with Crippen molar-refractivity contribution in [3.63, 3.8) is 0 Å². The van der Waals surface area contributed by atoms with Crippen molar-refractivity contribution < 1.29 is 17.9 Å². The van der Waals surface area contributed by atoms with Gasteiger partial charge in [-0.25, -0.2) is 4.98 Å². The molecule has 1 aliphatic rings. The van der Waals surface area contributed by atoms with Crippen LogP contribution in [0.5, 0.6) is 5.88 Å². The van der Waals surface area contributed by atoms with Crippen LogP contribution in [0, 0.1) is 11.3 Å². The minimum atomic E-state index is -4.54. The van der Waals surface area contributed by atoms with Crippen LogP contribution < -0.4 is 10.5 Å². The summed E-state index contributed by atoms with van der Waals surface area (Å²) in [5.41, 5.74) is 4.39. The highest BCUT2D eigenvalue weighted by molar-refractivity contribution is 5.97. The summed E-state index contributed by atoms with van der Waals surface area (Å²) >= 11 is 0. The molecule has 0 aromatic carbocycles. The molecule has 1 saturated carbocycles. The van der Waals surface area contributed by atoms with Crippen LogP contribution in [0.15, 0.2) is 12.1 Å². The molecule has 1 fully saturated rings. The van der Waals surface area contributed by atoms with Gasteiger partial charge in [-0.1, -0.05) is 12.8 Å². The van der Waals surface area contributed by atoms with Gasteiger partial charge < -0.3 is 10.5 Å². The molecule has 20 heavy (non-hydrogen) atoms. The maximum Gasteiger partial charge on any atom is 0.433 e. The number of nitrogen functional groups attached to an aromatic ring is 1. The zero-order valence-corrected chi connectivity index (χ0v) is 10.8. The summed E-state index contributed by atoms with van der Waals surface area (Å²) in [4.78, 5) is 3.46. The Kier molecular flexibility index (Phi) is 4.15. The standard InChI is InChI=1S/C13H16F3N3O/c14-13(15,16)10-6-5-9(11(17)18)12(19-10)20-7-8-3-1-2-4-8/h5-6,8H,1-4,7H2,(H3,17,18). The predicted molar refractivity (Wildman–Crippen MR) is 67.7 cm³/mol. The van der Waals surface area contributed by atoms with Crippen molar-refractivity contribution in [1.29, 1.82) is 5.41 Å². The average molecular weight is 287 g/mol. The van der Waals surface area contributed by atoms with Crippen molar-refractivity contribution in [2.24, 2.45) is 11.7 Å². The van der Waals surface area contributed by atoms with E-state index in [-0.39, 0.29) is 17.3 Å². The number of amidine groups is 1. The topological polar surface area (TPSA) is 72.0 Å². The third-order valence-corrected chi connectivity index (χ3v) is 3.37. The first-order chi connectivity index (χ1) is 9.38. The minimum absolute atomic E-state index is 0.0935. The molecule has 0 bridgehead atoms. The Bertz CT molecular complexity index is 496. The molecule has 1 aromatic rings. The van der Waals surface area contributed by atoms with Crippen LogP contribution in [0.4, 0.5) is 13.2 Å². The Morgan fingerprint density at radius 2 is 2.00 bits per heavy atom. The van der Waals surface area contributed by atoms with Gasteiger partial charge in [0.1, 0.15) is 11.5 Å². The van der Waals surface area contributed by atoms with Crippen LogP contribution in [0.1, 0.15) is 36.9 Å². The number of ether oxygens (including phenoxy) is 1. The molecule has 110 valence electrons. The number of rotatable bonds is 4. The molecule has 0 radical (unpaired) electrons. The van der Waals surface area contributed by atoms with Gasteiger partial charge in [0.15, 0.2) is 0 Å². The summed E-state index contributed by atoms with van der Waals surface area (Å²) in [6.45, 7) is 0.314. The fraction of sp³-hybridized carbons (Fsp3) is 0.538. The lowest BCUT2D eigenvalue weighted by Gasteiger charge is -2.15. The molecule has 0 spiro atoms. The number of pyridine rings is 1. The second-order valence-electron chi connectivity index (χ2n) is 4.92. The lowest BCUT2D eigenvalue weighted by Crippen LogP contribution is -2.18. The van der Waals surface area contributed by atoms with Crippen LogP contribution in [0.25, 0.3) is 0 Å². The number of aromatic nitrogens is 1. The summed E-state index contributed by atoms with van der Waals surface area (Å²) in [6.07, 6.45) is -0.295. The SMILES string of the molecule is N=C(N)c1ccc(C(F)(F)F)nc1OCC1CCCC1. The van der Waals surface area contributed by atoms with E-state index in [2.05, 4.69) is 4.98 Å². The lowest BCUT2D eigenvalue weighted by atomic mass is 10.1. The zero-order valence-electron chi connectivity index (χ0n) is 10.8. The number of alkyl halides is 3. The largest absolute Gasteiger partial charge is 0.477 e. The molecule has 4 nitrogen and oxygen atoms in total. The van der Waals surface area contributed by atoms with Crippen molar-refractivity contribution in [3.05, 3.63) is 23.4 Å². The summed E-state index contributed by atoms with van der Waals surface area (Å²) in [5, 5.41) is 7.37. The monoisotopic (exact) mass is 287 g/mol. The van der Waals surface area contributed by atoms with Gasteiger partial charge in [-0.05, 0) is 30.9 Å². The van der Waals surface area contributed by atoms with Crippen molar-refractivity contribution in [2.45, 2.75) is 31.9 Å². The smallest absolute Gasteiger partial charge is 0.433 e. The third-order valence-electron chi connectivity index (χ3n) is 3.37. The molecule has 1 aliphatic carbocycles. The van der Waals surface area contributed by atoms with E-state index in [1.165, 1.54) is 0 Å². The van der Waals surface area contributed by atoms with E-state index in [1.54, 1.807) is 0 Å². The first-order valence-corrected chi connectivity index (χ1v) is 6.43. The highest BCUT2D eigenvalue weighted by Gasteiger charge is 2.33. The highest BCUT2D eigenvalue weighted by Crippen LogP contribution is 2.31. The average Bonchev–Trinajstić information content (AvgIpc) is 2.87. The Balaban J connectivity index is 2.20. The van der Waals surface area contributed by atoms with Gasteiger partial charge in [-0.2, -0.15) is 13.2 Å². The van der Waals surface area contributed by atoms with E-state index in [1.807, 2.05) is 0 Å². The van der Waals surface area contributed by atoms with Gasteiger partial charge in [0.25, 0.3) is 0 Å². The van der Waals surface area contributed by atoms with E-state index in [9.17, 15) is 13.2 Å². The molecule has 0 atom stereocenters. The van der Waals surface area contributed by atoms with Gasteiger partial charge >= 0.3 is 6.18 Å². The Labute approximate surface area is 114 Å². The molecule has 0 amide bonds. The van der Waals surface area contributed by atoms with Crippen LogP contribution in [-0.2, 0) is 6.18 Å². The fourth-order valence-electron chi connectivity index (χ4n) is 2.29. The van der Waals surface area contributed by atoms with Crippen molar-refractivity contribution >= 4 is 5.84 Å². The first-order valence-electron chi connectivity index (χ1n) is 6.43. The molecule has 1 heterocycles. The van der Waals surface area contributed by atoms with Gasteiger partial charge in [0.05, 0.1) is 12.2 Å². The fourth-order valence-corrected chi connectivity index (χ4v) is 2.29. The van der Waals surface area contributed by atoms with E-state index in [0.29, 0.717) is 12.5 Å². The van der Waals surface area contributed by atoms with Crippen LogP contribution in [0.3, 0.4) is 0 Å². The molecule has 3 N–H and O–H groups in total. The van der Waals surface area contributed by atoms with Crippen LogP contribution in [-0.4, -0.2) is 17.4 Å². The van der Waals surface area contributed by atoms with E-state index in [0.717, 1.165) is 37.8 Å². The molecule has 7 heteroatoms. The summed E-state index contributed by atoms with van der Waals surface area (Å²) in [6, 6.07) is 1.93. The number of hydrogen-bond donors (Lipinski definition) is 2. The van der Waals surface area contributed by atoms with Gasteiger partial charge in [-0.15, -0.1) is 0 Å². The third kappa shape index (κ3) is 3.40. The molecule has 1 aromatic heterocycles. The van der Waals surface area contributed by atoms with Crippen molar-refractivity contribution in [3.8, 4) is 5.88 Å². The number of nitrogens with one attached hydrogen (secondary N) is 1. The predicted octanol–water partition coefficient (Wildman–Crippen LogP) is 2.95. The summed E-state index contributed by atoms with van der Waals surface area (Å²) < 4.78 is 43.3. The Morgan fingerprint density at radius 3 is 2.55 bits per heavy atom.